The van der Waals surface area contributed by atoms with E-state index in [1.807, 2.05) is 41.5 Å². The van der Waals surface area contributed by atoms with Crippen LogP contribution in [0.1, 0.15) is 69.2 Å². The summed E-state index contributed by atoms with van der Waals surface area (Å²) < 4.78 is 47.0. The second-order valence-electron chi connectivity index (χ2n) is 4.54. The molecule has 0 saturated carbocycles. The molecule has 0 aliphatic carbocycles. The molecule has 0 aromatic rings. The van der Waals surface area contributed by atoms with Crippen molar-refractivity contribution in [1.29, 1.82) is 0 Å². The number of nitrogens with one attached hydrogen (secondary N) is 2. The second-order valence-corrected chi connectivity index (χ2v) is 4.54. The Labute approximate surface area is 136 Å². The van der Waals surface area contributed by atoms with Crippen molar-refractivity contribution in [2.24, 2.45) is 0 Å². The maximum atomic E-state index is 11.8. The first-order valence-corrected chi connectivity index (χ1v) is 7.95. The smallest absolute Gasteiger partial charge is 0.255 e. The summed E-state index contributed by atoms with van der Waals surface area (Å²) in [6.45, 7) is 17.8. The van der Waals surface area contributed by atoms with E-state index >= 15 is 0 Å². The quantitative estimate of drug-likeness (QED) is 0.655. The Morgan fingerprint density at radius 2 is 0.682 bits per heavy atom. The Balaban J connectivity index is -0.0000000652. The maximum absolute atomic E-state index is 11.8. The van der Waals surface area contributed by atoms with Crippen LogP contribution in [-0.2, 0) is 0 Å². The molecule has 0 spiro atoms. The monoisotopic (exact) mass is 336 g/mol. The molecule has 0 saturated heterocycles. The standard InChI is InChI=1S/2C5H11F2N.3C2H6/c2*1-5(2,8-3)4(6)7;3*1-2/h2*4,8H,1-3H3;3*1-2H3. The van der Waals surface area contributed by atoms with Crippen molar-refractivity contribution in [3.05, 3.63) is 0 Å². The van der Waals surface area contributed by atoms with Crippen molar-refractivity contribution in [3.63, 3.8) is 0 Å². The van der Waals surface area contributed by atoms with Gasteiger partial charge in [-0.25, -0.2) is 17.6 Å². The Bertz CT molecular complexity index is 165. The van der Waals surface area contributed by atoms with Crippen molar-refractivity contribution in [2.75, 3.05) is 14.1 Å². The van der Waals surface area contributed by atoms with Crippen LogP contribution in [0.4, 0.5) is 17.6 Å². The summed E-state index contributed by atoms with van der Waals surface area (Å²) in [5, 5.41) is 4.98. The molecular weight excluding hydrogens is 296 g/mol. The molecule has 0 heterocycles. The lowest BCUT2D eigenvalue weighted by Crippen LogP contribution is -2.43. The minimum Gasteiger partial charge on any atom is -0.310 e. The van der Waals surface area contributed by atoms with Crippen LogP contribution in [-0.4, -0.2) is 38.0 Å². The summed E-state index contributed by atoms with van der Waals surface area (Å²) in [4.78, 5) is 0. The SMILES string of the molecule is CC.CC.CC.CNC(C)(C)C(F)F.CNC(C)(C)C(F)F. The average molecular weight is 337 g/mol. The molecule has 2 nitrogen and oxygen atoms in total. The molecule has 142 valence electrons. The molecule has 0 aliphatic heterocycles. The Morgan fingerprint density at radius 1 is 0.545 bits per heavy atom. The predicted molar refractivity (Wildman–Crippen MR) is 92.3 cm³/mol. The fourth-order valence-electron chi connectivity index (χ4n) is 0.218. The van der Waals surface area contributed by atoms with Gasteiger partial charge in [0.05, 0.1) is 11.1 Å². The second kappa shape index (κ2) is 20.6. The molecule has 2 N–H and O–H groups in total. The highest BCUT2D eigenvalue weighted by Gasteiger charge is 2.27. The highest BCUT2D eigenvalue weighted by Crippen LogP contribution is 2.12. The van der Waals surface area contributed by atoms with Crippen LogP contribution in [0, 0.1) is 0 Å². The first-order chi connectivity index (χ1) is 10.0. The molecule has 0 unspecified atom stereocenters. The first-order valence-electron chi connectivity index (χ1n) is 7.95. The summed E-state index contributed by atoms with van der Waals surface area (Å²) in [7, 11) is 3.04. The van der Waals surface area contributed by atoms with Crippen LogP contribution < -0.4 is 10.6 Å². The first kappa shape index (κ1) is 33.3. The molecule has 0 amide bonds. The van der Waals surface area contributed by atoms with Gasteiger partial charge in [0.15, 0.2) is 0 Å². The van der Waals surface area contributed by atoms with E-state index in [9.17, 15) is 17.6 Å². The Kier molecular flexibility index (Phi) is 31.2. The molecular formula is C16H40F4N2. The number of rotatable bonds is 4. The highest BCUT2D eigenvalue weighted by atomic mass is 19.3. The number of hydrogen-bond acceptors (Lipinski definition) is 2. The zero-order valence-corrected chi connectivity index (χ0v) is 16.7. The van der Waals surface area contributed by atoms with Gasteiger partial charge in [0.2, 0.25) is 0 Å². The lowest BCUT2D eigenvalue weighted by atomic mass is 10.1. The number of alkyl halides is 4. The summed E-state index contributed by atoms with van der Waals surface area (Å²) in [5.41, 5.74) is -2.08. The van der Waals surface area contributed by atoms with Gasteiger partial charge in [-0.2, -0.15) is 0 Å². The number of hydrogen-bond donors (Lipinski definition) is 2. The largest absolute Gasteiger partial charge is 0.310 e. The number of halogens is 4. The van der Waals surface area contributed by atoms with Crippen molar-refractivity contribution in [2.45, 2.75) is 93.2 Å². The van der Waals surface area contributed by atoms with Gasteiger partial charge in [-0.1, -0.05) is 41.5 Å². The van der Waals surface area contributed by atoms with Gasteiger partial charge >= 0.3 is 0 Å². The summed E-state index contributed by atoms with van der Waals surface area (Å²) in [6.07, 6.45) is -4.60. The van der Waals surface area contributed by atoms with Gasteiger partial charge in [-0.3, -0.25) is 0 Å². The van der Waals surface area contributed by atoms with E-state index in [1.165, 1.54) is 41.8 Å². The summed E-state index contributed by atoms with van der Waals surface area (Å²) in [5.74, 6) is 0. The minimum absolute atomic E-state index is 1.04. The van der Waals surface area contributed by atoms with E-state index in [2.05, 4.69) is 10.6 Å². The third-order valence-electron chi connectivity index (χ3n) is 2.38. The van der Waals surface area contributed by atoms with Gasteiger partial charge in [0.25, 0.3) is 12.9 Å². The van der Waals surface area contributed by atoms with Crippen molar-refractivity contribution in [1.82, 2.24) is 10.6 Å². The molecule has 0 radical (unpaired) electrons. The zero-order chi connectivity index (χ0) is 19.6. The molecule has 0 bridgehead atoms. The van der Waals surface area contributed by atoms with E-state index < -0.39 is 23.9 Å². The summed E-state index contributed by atoms with van der Waals surface area (Å²) in [6, 6.07) is 0. The zero-order valence-electron chi connectivity index (χ0n) is 16.7. The molecule has 22 heavy (non-hydrogen) atoms. The van der Waals surface area contributed by atoms with E-state index in [1.54, 1.807) is 0 Å². The van der Waals surface area contributed by atoms with Crippen LogP contribution >= 0.6 is 0 Å². The third kappa shape index (κ3) is 21.9. The predicted octanol–water partition coefficient (Wildman–Crippen LogP) is 5.58. The molecule has 6 heteroatoms. The van der Waals surface area contributed by atoms with Gasteiger partial charge in [0.1, 0.15) is 0 Å². The van der Waals surface area contributed by atoms with E-state index in [4.69, 9.17) is 0 Å². The lowest BCUT2D eigenvalue weighted by molar-refractivity contribution is 0.0557. The van der Waals surface area contributed by atoms with Crippen LogP contribution in [0.25, 0.3) is 0 Å². The van der Waals surface area contributed by atoms with Crippen LogP contribution in [0.5, 0.6) is 0 Å². The van der Waals surface area contributed by atoms with Crippen LogP contribution in [0.3, 0.4) is 0 Å². The van der Waals surface area contributed by atoms with E-state index in [0.717, 1.165) is 0 Å². The fourth-order valence-corrected chi connectivity index (χ4v) is 0.218. The Hall–Kier alpha value is -0.360. The normalized spacial score (nSPS) is 10.1. The summed E-state index contributed by atoms with van der Waals surface area (Å²) >= 11 is 0. The van der Waals surface area contributed by atoms with Crippen molar-refractivity contribution >= 4 is 0 Å². The molecule has 0 atom stereocenters. The molecule has 0 fully saturated rings. The van der Waals surface area contributed by atoms with Gasteiger partial charge in [0, 0.05) is 0 Å². The minimum atomic E-state index is -2.30. The molecule has 0 aliphatic rings. The van der Waals surface area contributed by atoms with Crippen LogP contribution in [0.15, 0.2) is 0 Å². The molecule has 0 rings (SSSR count). The highest BCUT2D eigenvalue weighted by molar-refractivity contribution is 4.77. The fraction of sp³-hybridized carbons (Fsp3) is 1.00. The average Bonchev–Trinajstić information content (AvgIpc) is 2.53. The third-order valence-corrected chi connectivity index (χ3v) is 2.38. The van der Waals surface area contributed by atoms with Crippen molar-refractivity contribution in [3.8, 4) is 0 Å². The van der Waals surface area contributed by atoms with Gasteiger partial charge < -0.3 is 10.6 Å². The van der Waals surface area contributed by atoms with E-state index in [0.29, 0.717) is 0 Å². The molecule has 0 aromatic heterocycles. The molecule has 0 aromatic carbocycles. The Morgan fingerprint density at radius 3 is 0.682 bits per heavy atom. The lowest BCUT2D eigenvalue weighted by Gasteiger charge is -2.21. The van der Waals surface area contributed by atoms with Gasteiger partial charge in [-0.15, -0.1) is 0 Å². The topological polar surface area (TPSA) is 24.1 Å². The van der Waals surface area contributed by atoms with Crippen molar-refractivity contribution < 1.29 is 17.6 Å². The maximum Gasteiger partial charge on any atom is 0.255 e. The van der Waals surface area contributed by atoms with E-state index in [-0.39, 0.29) is 0 Å². The van der Waals surface area contributed by atoms with Crippen LogP contribution in [0.2, 0.25) is 0 Å². The van der Waals surface area contributed by atoms with Gasteiger partial charge in [-0.05, 0) is 41.8 Å².